The smallest absolute Gasteiger partial charge is 0.353 e. The zero-order chi connectivity index (χ0) is 11.1. The van der Waals surface area contributed by atoms with Crippen LogP contribution in [0.5, 0.6) is 0 Å². The number of hydrogen-bond donors (Lipinski definition) is 2. The van der Waals surface area contributed by atoms with Gasteiger partial charge >= 0.3 is 5.97 Å². The first-order valence-corrected chi connectivity index (χ1v) is 4.64. The first-order chi connectivity index (χ1) is 6.98. The van der Waals surface area contributed by atoms with Crippen molar-refractivity contribution < 1.29 is 18.7 Å². The summed E-state index contributed by atoms with van der Waals surface area (Å²) in [4.78, 5) is 16.9. The molecular formula is C9H10F2N2O2. The van der Waals surface area contributed by atoms with E-state index in [2.05, 4.69) is 9.97 Å². The van der Waals surface area contributed by atoms with Gasteiger partial charge in [0, 0.05) is 18.8 Å². The van der Waals surface area contributed by atoms with Gasteiger partial charge in [0.05, 0.1) is 6.20 Å². The summed E-state index contributed by atoms with van der Waals surface area (Å²) in [6.07, 6.45) is 1.11. The maximum atomic E-state index is 12.9. The minimum atomic E-state index is -2.64. The van der Waals surface area contributed by atoms with Crippen LogP contribution in [0.3, 0.4) is 0 Å². The van der Waals surface area contributed by atoms with Crippen LogP contribution in [0.4, 0.5) is 8.78 Å². The molecule has 2 N–H and O–H groups in total. The molecule has 0 aliphatic heterocycles. The maximum Gasteiger partial charge on any atom is 0.353 e. The zero-order valence-corrected chi connectivity index (χ0v) is 7.83. The predicted octanol–water partition coefficient (Wildman–Crippen LogP) is 2.01. The highest BCUT2D eigenvalue weighted by atomic mass is 19.3. The summed E-state index contributed by atoms with van der Waals surface area (Å²) in [7, 11) is 0. The molecule has 1 aromatic rings. The standard InChI is InChI=1S/C9H10F2N2O2/c10-9(11)2-1-5(3-9)7-12-4-6(13-7)8(14)15/h4-5H,1-3H2,(H,12,13)(H,14,15). The Balaban J connectivity index is 2.14. The lowest BCUT2D eigenvalue weighted by molar-refractivity contribution is 0.00756. The minimum Gasteiger partial charge on any atom is -0.477 e. The second kappa shape index (κ2) is 3.29. The first kappa shape index (κ1) is 10.1. The Morgan fingerprint density at radius 2 is 2.40 bits per heavy atom. The second-order valence-electron chi connectivity index (χ2n) is 3.78. The fraction of sp³-hybridized carbons (Fsp3) is 0.556. The van der Waals surface area contributed by atoms with Crippen LogP contribution in [0.25, 0.3) is 0 Å². The van der Waals surface area contributed by atoms with Gasteiger partial charge in [-0.05, 0) is 6.42 Å². The number of carboxylic acids is 1. The molecule has 15 heavy (non-hydrogen) atoms. The van der Waals surface area contributed by atoms with Gasteiger partial charge in [0.15, 0.2) is 0 Å². The lowest BCUT2D eigenvalue weighted by Gasteiger charge is -2.07. The molecule has 1 saturated carbocycles. The largest absolute Gasteiger partial charge is 0.477 e. The number of imidazole rings is 1. The SMILES string of the molecule is O=C(O)c1cnc(C2CCC(F)(F)C2)[nH]1. The number of carbonyl (C=O) groups is 1. The van der Waals surface area contributed by atoms with E-state index in [4.69, 9.17) is 5.11 Å². The number of halogens is 2. The van der Waals surface area contributed by atoms with Gasteiger partial charge in [-0.3, -0.25) is 0 Å². The number of aromatic carboxylic acids is 1. The monoisotopic (exact) mass is 216 g/mol. The van der Waals surface area contributed by atoms with Gasteiger partial charge in [-0.25, -0.2) is 18.6 Å². The Labute approximate surface area is 84.3 Å². The van der Waals surface area contributed by atoms with E-state index in [0.717, 1.165) is 6.20 Å². The number of aromatic amines is 1. The summed E-state index contributed by atoms with van der Waals surface area (Å²) in [5.41, 5.74) is -0.0554. The Morgan fingerprint density at radius 1 is 1.67 bits per heavy atom. The van der Waals surface area contributed by atoms with Crippen molar-refractivity contribution in [2.75, 3.05) is 0 Å². The molecular weight excluding hydrogens is 206 g/mol. The Kier molecular flexibility index (Phi) is 2.21. The van der Waals surface area contributed by atoms with E-state index in [1.807, 2.05) is 0 Å². The van der Waals surface area contributed by atoms with Gasteiger partial charge in [-0.1, -0.05) is 0 Å². The number of nitrogens with zero attached hydrogens (tertiary/aromatic N) is 1. The van der Waals surface area contributed by atoms with E-state index in [1.54, 1.807) is 0 Å². The average molecular weight is 216 g/mol. The average Bonchev–Trinajstić information content (AvgIpc) is 2.70. The second-order valence-corrected chi connectivity index (χ2v) is 3.78. The number of aromatic nitrogens is 2. The Bertz CT molecular complexity index is 389. The molecule has 82 valence electrons. The van der Waals surface area contributed by atoms with Crippen molar-refractivity contribution in [3.8, 4) is 0 Å². The molecule has 1 unspecified atom stereocenters. The van der Waals surface area contributed by atoms with Crippen molar-refractivity contribution in [2.24, 2.45) is 0 Å². The van der Waals surface area contributed by atoms with Crippen molar-refractivity contribution in [3.63, 3.8) is 0 Å². The highest BCUT2D eigenvalue weighted by Gasteiger charge is 2.41. The van der Waals surface area contributed by atoms with Gasteiger partial charge in [-0.2, -0.15) is 0 Å². The molecule has 1 aliphatic rings. The topological polar surface area (TPSA) is 66.0 Å². The van der Waals surface area contributed by atoms with Crippen LogP contribution in [0.2, 0.25) is 0 Å². The maximum absolute atomic E-state index is 12.9. The number of rotatable bonds is 2. The molecule has 6 heteroatoms. The van der Waals surface area contributed by atoms with E-state index in [1.165, 1.54) is 0 Å². The van der Waals surface area contributed by atoms with Crippen LogP contribution in [-0.4, -0.2) is 27.0 Å². The number of H-pyrrole nitrogens is 1. The van der Waals surface area contributed by atoms with Crippen LogP contribution >= 0.6 is 0 Å². The molecule has 0 spiro atoms. The van der Waals surface area contributed by atoms with Crippen LogP contribution in [0.1, 0.15) is 41.5 Å². The van der Waals surface area contributed by atoms with Crippen molar-refractivity contribution in [1.82, 2.24) is 9.97 Å². The summed E-state index contributed by atoms with van der Waals surface area (Å²) in [5.74, 6) is -3.77. The van der Waals surface area contributed by atoms with Crippen LogP contribution < -0.4 is 0 Å². The van der Waals surface area contributed by atoms with E-state index in [-0.39, 0.29) is 24.5 Å². The number of hydrogen-bond acceptors (Lipinski definition) is 2. The number of nitrogens with one attached hydrogen (secondary N) is 1. The third-order valence-corrected chi connectivity index (χ3v) is 2.62. The summed E-state index contributed by atoms with van der Waals surface area (Å²) >= 11 is 0. The number of carboxylic acid groups (broad SMARTS) is 1. The van der Waals surface area contributed by atoms with Crippen LogP contribution in [0, 0.1) is 0 Å². The summed E-state index contributed by atoms with van der Waals surface area (Å²) in [6, 6.07) is 0. The Morgan fingerprint density at radius 3 is 2.87 bits per heavy atom. The van der Waals surface area contributed by atoms with E-state index in [0.29, 0.717) is 12.2 Å². The molecule has 0 radical (unpaired) electrons. The van der Waals surface area contributed by atoms with E-state index in [9.17, 15) is 13.6 Å². The van der Waals surface area contributed by atoms with Crippen molar-refractivity contribution in [2.45, 2.75) is 31.1 Å². The fourth-order valence-electron chi connectivity index (χ4n) is 1.84. The van der Waals surface area contributed by atoms with Crippen molar-refractivity contribution in [1.29, 1.82) is 0 Å². The molecule has 0 aromatic carbocycles. The third-order valence-electron chi connectivity index (χ3n) is 2.62. The molecule has 4 nitrogen and oxygen atoms in total. The van der Waals surface area contributed by atoms with Gasteiger partial charge in [0.25, 0.3) is 0 Å². The van der Waals surface area contributed by atoms with Gasteiger partial charge in [-0.15, -0.1) is 0 Å². The minimum absolute atomic E-state index is 0.0554. The molecule has 2 rings (SSSR count). The van der Waals surface area contributed by atoms with Crippen LogP contribution in [-0.2, 0) is 0 Å². The van der Waals surface area contributed by atoms with Crippen molar-refractivity contribution >= 4 is 5.97 Å². The van der Waals surface area contributed by atoms with E-state index >= 15 is 0 Å². The van der Waals surface area contributed by atoms with Crippen molar-refractivity contribution in [3.05, 3.63) is 17.7 Å². The third kappa shape index (κ3) is 1.98. The molecule has 0 amide bonds. The summed E-state index contributed by atoms with van der Waals surface area (Å²) in [5, 5.41) is 8.62. The summed E-state index contributed by atoms with van der Waals surface area (Å²) < 4.78 is 25.8. The highest BCUT2D eigenvalue weighted by molar-refractivity contribution is 5.85. The molecule has 0 saturated heterocycles. The normalized spacial score (nSPS) is 24.3. The lowest BCUT2D eigenvalue weighted by atomic mass is 10.1. The first-order valence-electron chi connectivity index (χ1n) is 4.64. The Hall–Kier alpha value is -1.46. The molecule has 0 bridgehead atoms. The molecule has 1 aliphatic carbocycles. The van der Waals surface area contributed by atoms with Gasteiger partial charge < -0.3 is 10.1 Å². The molecule has 1 aromatic heterocycles. The zero-order valence-electron chi connectivity index (χ0n) is 7.83. The molecule has 1 atom stereocenters. The van der Waals surface area contributed by atoms with Gasteiger partial charge in [0.2, 0.25) is 5.92 Å². The quantitative estimate of drug-likeness (QED) is 0.794. The lowest BCUT2D eigenvalue weighted by Crippen LogP contribution is -2.09. The molecule has 1 heterocycles. The highest BCUT2D eigenvalue weighted by Crippen LogP contribution is 2.43. The number of alkyl halides is 2. The fourth-order valence-corrected chi connectivity index (χ4v) is 1.84. The van der Waals surface area contributed by atoms with Gasteiger partial charge in [0.1, 0.15) is 11.5 Å². The predicted molar refractivity (Wildman–Crippen MR) is 47.1 cm³/mol. The van der Waals surface area contributed by atoms with E-state index < -0.39 is 11.9 Å². The van der Waals surface area contributed by atoms with Crippen LogP contribution in [0.15, 0.2) is 6.20 Å². The molecule has 1 fully saturated rings. The summed E-state index contributed by atoms with van der Waals surface area (Å²) in [6.45, 7) is 0.